The molecule has 2 heterocycles. The molecule has 8 nitrogen and oxygen atoms in total. The minimum absolute atomic E-state index is 0.00346. The van der Waals surface area contributed by atoms with Gasteiger partial charge in [-0.05, 0) is 26.8 Å². The number of anilines is 1. The molecule has 0 bridgehead atoms. The van der Waals surface area contributed by atoms with Gasteiger partial charge in [-0.25, -0.2) is 9.18 Å². The predicted octanol–water partition coefficient (Wildman–Crippen LogP) is 4.00. The Morgan fingerprint density at radius 2 is 2.03 bits per heavy atom. The van der Waals surface area contributed by atoms with Crippen molar-refractivity contribution in [2.75, 3.05) is 18.4 Å². The molecule has 176 valence electrons. The number of nitrogens with one attached hydrogen (secondary N) is 1. The zero-order valence-corrected chi connectivity index (χ0v) is 17.7. The molecule has 12 heteroatoms. The highest BCUT2D eigenvalue weighted by Crippen LogP contribution is 2.36. The molecule has 3 rings (SSSR count). The molecule has 1 fully saturated rings. The summed E-state index contributed by atoms with van der Waals surface area (Å²) < 4.78 is 64.7. The lowest BCUT2D eigenvalue weighted by molar-refractivity contribution is -0.127. The molecular formula is C20H24F4N4O4. The molecule has 0 aliphatic carbocycles. The number of likely N-dealkylation sites (tertiary alicyclic amines) is 1. The standard InChI is InChI=1S/C20H24F4N4O4/c1-19(2,3)32-18(29)28-8-12(21)14(9-28)26-13-6-4-5-10-11(7-20(22,23)24)16(17(25)27-30)31-15(10)13/h4-6,12,14,26,30H,7-9H2,1-3H3,(H2,25,27)/t12-,14+/m0/s1. The summed E-state index contributed by atoms with van der Waals surface area (Å²) in [4.78, 5) is 13.5. The normalized spacial score (nSPS) is 20.1. The van der Waals surface area contributed by atoms with Crippen LogP contribution in [0.3, 0.4) is 0 Å². The maximum Gasteiger partial charge on any atom is 0.410 e. The molecule has 0 spiro atoms. The number of para-hydroxylation sites is 1. The Bertz CT molecular complexity index is 1030. The number of fused-ring (bicyclic) bond motifs is 1. The van der Waals surface area contributed by atoms with E-state index < -0.39 is 48.1 Å². The highest BCUT2D eigenvalue weighted by Gasteiger charge is 2.38. The van der Waals surface area contributed by atoms with E-state index in [0.29, 0.717) is 0 Å². The molecule has 1 aliphatic heterocycles. The highest BCUT2D eigenvalue weighted by molar-refractivity contribution is 6.03. The number of rotatable bonds is 4. The Hall–Kier alpha value is -3.18. The van der Waals surface area contributed by atoms with Gasteiger partial charge in [0, 0.05) is 17.5 Å². The summed E-state index contributed by atoms with van der Waals surface area (Å²) in [7, 11) is 0. The monoisotopic (exact) mass is 460 g/mol. The van der Waals surface area contributed by atoms with Crippen LogP contribution in [0, 0.1) is 0 Å². The van der Waals surface area contributed by atoms with Gasteiger partial charge >= 0.3 is 12.3 Å². The minimum atomic E-state index is -4.58. The second-order valence-electron chi connectivity index (χ2n) is 8.52. The minimum Gasteiger partial charge on any atom is -0.450 e. The van der Waals surface area contributed by atoms with E-state index in [2.05, 4.69) is 10.5 Å². The molecule has 2 atom stereocenters. The van der Waals surface area contributed by atoms with Crippen molar-refractivity contribution in [1.29, 1.82) is 0 Å². The van der Waals surface area contributed by atoms with Crippen LogP contribution in [0.2, 0.25) is 0 Å². The first kappa shape index (κ1) is 23.5. The van der Waals surface area contributed by atoms with Crippen LogP contribution in [0.25, 0.3) is 11.0 Å². The lowest BCUT2D eigenvalue weighted by atomic mass is 10.1. The third-order valence-electron chi connectivity index (χ3n) is 4.78. The van der Waals surface area contributed by atoms with Crippen molar-refractivity contribution >= 4 is 28.6 Å². The number of halogens is 4. The second kappa shape index (κ2) is 8.40. The molecule has 1 aliphatic rings. The average molecular weight is 460 g/mol. The van der Waals surface area contributed by atoms with Crippen LogP contribution in [0.1, 0.15) is 32.1 Å². The van der Waals surface area contributed by atoms with Crippen molar-refractivity contribution in [2.45, 2.75) is 51.2 Å². The van der Waals surface area contributed by atoms with Crippen LogP contribution < -0.4 is 11.1 Å². The number of furan rings is 1. The van der Waals surface area contributed by atoms with E-state index in [1.807, 2.05) is 0 Å². The lowest BCUT2D eigenvalue weighted by Crippen LogP contribution is -2.36. The van der Waals surface area contributed by atoms with Crippen molar-refractivity contribution in [2.24, 2.45) is 10.9 Å². The maximum absolute atomic E-state index is 14.6. The SMILES string of the molecule is CC(C)(C)OC(=O)N1C[C@H](F)[C@H](Nc2cccc3c(CC(F)(F)F)c(/C(N)=N/O)oc23)C1. The largest absolute Gasteiger partial charge is 0.450 e. The molecule has 2 aromatic rings. The molecule has 1 amide bonds. The summed E-state index contributed by atoms with van der Waals surface area (Å²) in [5.41, 5.74) is 4.68. The van der Waals surface area contributed by atoms with Gasteiger partial charge in [0.05, 0.1) is 24.7 Å². The number of hydrogen-bond donors (Lipinski definition) is 3. The van der Waals surface area contributed by atoms with Gasteiger partial charge < -0.3 is 30.3 Å². The Kier molecular flexibility index (Phi) is 6.16. The zero-order valence-electron chi connectivity index (χ0n) is 17.7. The van der Waals surface area contributed by atoms with Gasteiger partial charge in [0.1, 0.15) is 11.8 Å². The Morgan fingerprint density at radius 3 is 2.62 bits per heavy atom. The fourth-order valence-electron chi connectivity index (χ4n) is 3.49. The topological polar surface area (TPSA) is 113 Å². The Labute approximate surface area is 181 Å². The van der Waals surface area contributed by atoms with E-state index in [0.717, 1.165) is 0 Å². The van der Waals surface area contributed by atoms with Gasteiger partial charge in [-0.1, -0.05) is 17.3 Å². The number of amides is 1. The van der Waals surface area contributed by atoms with E-state index in [1.54, 1.807) is 20.8 Å². The number of ether oxygens (including phenoxy) is 1. The van der Waals surface area contributed by atoms with Gasteiger partial charge in [-0.15, -0.1) is 0 Å². The number of nitrogens with zero attached hydrogens (tertiary/aromatic N) is 2. The fraction of sp³-hybridized carbons (Fsp3) is 0.500. The molecule has 1 aromatic carbocycles. The molecule has 1 saturated heterocycles. The maximum atomic E-state index is 14.6. The van der Waals surface area contributed by atoms with Crippen LogP contribution in [-0.4, -0.2) is 59.1 Å². The number of amidine groups is 1. The molecule has 0 saturated carbocycles. The average Bonchev–Trinajstić information content (AvgIpc) is 3.20. The number of carbonyl (C=O) groups is 1. The third kappa shape index (κ3) is 5.17. The number of nitrogens with two attached hydrogens (primary N) is 1. The highest BCUT2D eigenvalue weighted by atomic mass is 19.4. The number of hydrogen-bond acceptors (Lipinski definition) is 6. The molecule has 0 unspecified atom stereocenters. The number of benzene rings is 1. The van der Waals surface area contributed by atoms with E-state index in [1.165, 1.54) is 23.1 Å². The molecule has 1 aromatic heterocycles. The van der Waals surface area contributed by atoms with Gasteiger partial charge in [0.15, 0.2) is 11.3 Å². The van der Waals surface area contributed by atoms with Gasteiger partial charge in [0.25, 0.3) is 0 Å². The van der Waals surface area contributed by atoms with E-state index >= 15 is 0 Å². The Morgan fingerprint density at radius 1 is 1.34 bits per heavy atom. The molecule has 0 radical (unpaired) electrons. The number of alkyl halides is 4. The van der Waals surface area contributed by atoms with Crippen molar-refractivity contribution in [3.05, 3.63) is 29.5 Å². The van der Waals surface area contributed by atoms with Crippen LogP contribution >= 0.6 is 0 Å². The van der Waals surface area contributed by atoms with Crippen molar-refractivity contribution in [3.8, 4) is 0 Å². The second-order valence-corrected chi connectivity index (χ2v) is 8.52. The Balaban J connectivity index is 1.91. The quantitative estimate of drug-likeness (QED) is 0.209. The number of carbonyl (C=O) groups excluding carboxylic acids is 1. The van der Waals surface area contributed by atoms with Crippen molar-refractivity contribution < 1.29 is 36.7 Å². The smallest absolute Gasteiger partial charge is 0.410 e. The predicted molar refractivity (Wildman–Crippen MR) is 109 cm³/mol. The first-order chi connectivity index (χ1) is 14.8. The van der Waals surface area contributed by atoms with Crippen LogP contribution in [-0.2, 0) is 11.2 Å². The van der Waals surface area contributed by atoms with Crippen LogP contribution in [0.5, 0.6) is 0 Å². The summed E-state index contributed by atoms with van der Waals surface area (Å²) in [6, 6.07) is 3.52. The summed E-state index contributed by atoms with van der Waals surface area (Å²) in [6.45, 7) is 4.86. The summed E-state index contributed by atoms with van der Waals surface area (Å²) in [6.07, 6.45) is -8.06. The molecule has 4 N–H and O–H groups in total. The first-order valence-corrected chi connectivity index (χ1v) is 9.76. The summed E-state index contributed by atoms with van der Waals surface area (Å²) >= 11 is 0. The third-order valence-corrected chi connectivity index (χ3v) is 4.78. The molecule has 32 heavy (non-hydrogen) atoms. The van der Waals surface area contributed by atoms with E-state index in [9.17, 15) is 22.4 Å². The van der Waals surface area contributed by atoms with Crippen LogP contribution in [0.15, 0.2) is 27.8 Å². The summed E-state index contributed by atoms with van der Waals surface area (Å²) in [5, 5.41) is 14.7. The van der Waals surface area contributed by atoms with E-state index in [-0.39, 0.29) is 35.3 Å². The first-order valence-electron chi connectivity index (χ1n) is 9.76. The van der Waals surface area contributed by atoms with Gasteiger partial charge in [0.2, 0.25) is 5.84 Å². The number of oxime groups is 1. The summed E-state index contributed by atoms with van der Waals surface area (Å²) in [5.74, 6) is -1.04. The van der Waals surface area contributed by atoms with E-state index in [4.69, 9.17) is 20.1 Å². The lowest BCUT2D eigenvalue weighted by Gasteiger charge is -2.24. The van der Waals surface area contributed by atoms with Gasteiger partial charge in [-0.2, -0.15) is 13.2 Å². The van der Waals surface area contributed by atoms with Crippen molar-refractivity contribution in [1.82, 2.24) is 4.90 Å². The van der Waals surface area contributed by atoms with Crippen molar-refractivity contribution in [3.63, 3.8) is 0 Å². The zero-order chi connectivity index (χ0) is 23.8. The fourth-order valence-corrected chi connectivity index (χ4v) is 3.49. The van der Waals surface area contributed by atoms with Gasteiger partial charge in [-0.3, -0.25) is 0 Å². The van der Waals surface area contributed by atoms with Crippen LogP contribution in [0.4, 0.5) is 28.0 Å². The molecular weight excluding hydrogens is 436 g/mol.